The van der Waals surface area contributed by atoms with E-state index in [0.29, 0.717) is 6.61 Å². The maximum Gasteiger partial charge on any atom is 0.321 e. The highest BCUT2D eigenvalue weighted by Crippen LogP contribution is 2.17. The Labute approximate surface area is 114 Å². The number of carbonyl (C=O) groups excluding carboxylic acids is 1. The van der Waals surface area contributed by atoms with Gasteiger partial charge >= 0.3 is 6.03 Å². The molecule has 2 rings (SSSR count). The summed E-state index contributed by atoms with van der Waals surface area (Å²) in [6.45, 7) is 4.55. The molecule has 0 unspecified atom stereocenters. The topological polar surface area (TPSA) is 41.6 Å². The number of carbonyl (C=O) groups is 1. The number of likely N-dealkylation sites (tertiary alicyclic amines) is 1. The molecule has 104 valence electrons. The van der Waals surface area contributed by atoms with E-state index in [1.165, 1.54) is 0 Å². The molecule has 1 heterocycles. The zero-order valence-corrected chi connectivity index (χ0v) is 11.7. The summed E-state index contributed by atoms with van der Waals surface area (Å²) in [5.74, 6) is 0.734. The predicted octanol–water partition coefficient (Wildman–Crippen LogP) is 3.10. The van der Waals surface area contributed by atoms with Gasteiger partial charge in [0.2, 0.25) is 0 Å². The van der Waals surface area contributed by atoms with Crippen LogP contribution in [0.2, 0.25) is 0 Å². The maximum absolute atomic E-state index is 12.1. The largest absolute Gasteiger partial charge is 0.380 e. The molecule has 4 heteroatoms. The van der Waals surface area contributed by atoms with Crippen molar-refractivity contribution in [2.45, 2.75) is 26.4 Å². The molecule has 1 fully saturated rings. The summed E-state index contributed by atoms with van der Waals surface area (Å²) in [4.78, 5) is 14.0. The minimum absolute atomic E-state index is 0.00592. The second-order valence-electron chi connectivity index (χ2n) is 5.23. The minimum Gasteiger partial charge on any atom is -0.380 e. The fraction of sp³-hybridized carbons (Fsp3) is 0.533. The van der Waals surface area contributed by atoms with E-state index >= 15 is 0 Å². The Balaban J connectivity index is 1.88. The highest BCUT2D eigenvalue weighted by atomic mass is 16.5. The lowest BCUT2D eigenvalue weighted by Crippen LogP contribution is -2.40. The van der Waals surface area contributed by atoms with E-state index in [1.807, 2.05) is 29.2 Å². The van der Waals surface area contributed by atoms with Crippen LogP contribution in [0.15, 0.2) is 24.3 Å². The summed E-state index contributed by atoms with van der Waals surface area (Å²) in [6.07, 6.45) is 2.19. The lowest BCUT2D eigenvalue weighted by Gasteiger charge is -2.30. The van der Waals surface area contributed by atoms with Gasteiger partial charge < -0.3 is 15.0 Å². The molecule has 1 N–H and O–H groups in total. The predicted molar refractivity (Wildman–Crippen MR) is 76.1 cm³/mol. The van der Waals surface area contributed by atoms with Crippen LogP contribution in [0, 0.1) is 5.92 Å². The van der Waals surface area contributed by atoms with E-state index in [9.17, 15) is 4.79 Å². The van der Waals surface area contributed by atoms with Crippen molar-refractivity contribution in [2.75, 3.05) is 25.5 Å². The minimum atomic E-state index is 0.00592. The summed E-state index contributed by atoms with van der Waals surface area (Å²) in [7, 11) is 1.67. The molecule has 0 radical (unpaired) electrons. The van der Waals surface area contributed by atoms with Crippen LogP contribution >= 0.6 is 0 Å². The Kier molecular flexibility index (Phi) is 4.80. The summed E-state index contributed by atoms with van der Waals surface area (Å²) in [6, 6.07) is 7.78. The van der Waals surface area contributed by atoms with E-state index in [2.05, 4.69) is 12.2 Å². The fourth-order valence-electron chi connectivity index (χ4n) is 2.27. The first-order valence-corrected chi connectivity index (χ1v) is 6.83. The van der Waals surface area contributed by atoms with E-state index in [0.717, 1.165) is 43.1 Å². The average Bonchev–Trinajstić information content (AvgIpc) is 2.42. The normalized spacial score (nSPS) is 16.4. The van der Waals surface area contributed by atoms with Gasteiger partial charge in [-0.3, -0.25) is 0 Å². The van der Waals surface area contributed by atoms with E-state index in [-0.39, 0.29) is 6.03 Å². The summed E-state index contributed by atoms with van der Waals surface area (Å²) in [5, 5.41) is 2.94. The molecule has 1 saturated heterocycles. The van der Waals surface area contributed by atoms with Gasteiger partial charge in [-0.05, 0) is 36.5 Å². The molecule has 0 aliphatic carbocycles. The van der Waals surface area contributed by atoms with Gasteiger partial charge in [-0.1, -0.05) is 19.1 Å². The van der Waals surface area contributed by atoms with Gasteiger partial charge in [0.25, 0.3) is 0 Å². The number of methoxy groups -OCH3 is 1. The van der Waals surface area contributed by atoms with Crippen LogP contribution in [0.4, 0.5) is 10.5 Å². The maximum atomic E-state index is 12.1. The van der Waals surface area contributed by atoms with Crippen molar-refractivity contribution in [3.8, 4) is 0 Å². The van der Waals surface area contributed by atoms with E-state index < -0.39 is 0 Å². The molecule has 1 aromatic carbocycles. The van der Waals surface area contributed by atoms with Gasteiger partial charge in [-0.15, -0.1) is 0 Å². The average molecular weight is 262 g/mol. The van der Waals surface area contributed by atoms with Crippen molar-refractivity contribution in [2.24, 2.45) is 5.92 Å². The number of amides is 2. The van der Waals surface area contributed by atoms with Gasteiger partial charge in [-0.2, -0.15) is 0 Å². The highest BCUT2D eigenvalue weighted by molar-refractivity contribution is 5.89. The van der Waals surface area contributed by atoms with Crippen molar-refractivity contribution >= 4 is 11.7 Å². The Hall–Kier alpha value is -1.55. The summed E-state index contributed by atoms with van der Waals surface area (Å²) < 4.78 is 5.06. The molecule has 1 aliphatic rings. The van der Waals surface area contributed by atoms with Crippen LogP contribution in [-0.2, 0) is 11.3 Å². The zero-order valence-electron chi connectivity index (χ0n) is 11.7. The number of urea groups is 1. The number of anilines is 1. The smallest absolute Gasteiger partial charge is 0.321 e. The Morgan fingerprint density at radius 3 is 2.53 bits per heavy atom. The standard InChI is InChI=1S/C15H22N2O2/c1-12-7-9-17(10-8-12)15(18)16-14-5-3-13(4-6-14)11-19-2/h3-6,12H,7-11H2,1-2H3,(H,16,18). The number of nitrogens with zero attached hydrogens (tertiary/aromatic N) is 1. The van der Waals surface area contributed by atoms with Crippen LogP contribution < -0.4 is 5.32 Å². The third-order valence-corrected chi connectivity index (χ3v) is 3.59. The molecule has 0 saturated carbocycles. The van der Waals surface area contributed by atoms with Gasteiger partial charge in [0, 0.05) is 25.9 Å². The third-order valence-electron chi connectivity index (χ3n) is 3.59. The number of piperidine rings is 1. The molecule has 19 heavy (non-hydrogen) atoms. The first-order chi connectivity index (χ1) is 9.19. The Bertz CT molecular complexity index is 409. The van der Waals surface area contributed by atoms with Crippen molar-refractivity contribution in [1.29, 1.82) is 0 Å². The monoisotopic (exact) mass is 262 g/mol. The second kappa shape index (κ2) is 6.57. The summed E-state index contributed by atoms with van der Waals surface area (Å²) >= 11 is 0. The number of benzene rings is 1. The van der Waals surface area contributed by atoms with Crippen LogP contribution in [0.3, 0.4) is 0 Å². The quantitative estimate of drug-likeness (QED) is 0.909. The number of hydrogen-bond acceptors (Lipinski definition) is 2. The molecule has 4 nitrogen and oxygen atoms in total. The first-order valence-electron chi connectivity index (χ1n) is 6.83. The molecule has 1 aromatic rings. The number of ether oxygens (including phenoxy) is 1. The fourth-order valence-corrected chi connectivity index (χ4v) is 2.27. The van der Waals surface area contributed by atoms with Crippen LogP contribution in [-0.4, -0.2) is 31.1 Å². The molecular formula is C15H22N2O2. The molecule has 0 spiro atoms. The van der Waals surface area contributed by atoms with Gasteiger partial charge in [-0.25, -0.2) is 4.79 Å². The van der Waals surface area contributed by atoms with Gasteiger partial charge in [0.05, 0.1) is 6.61 Å². The molecule has 2 amide bonds. The molecule has 0 atom stereocenters. The lowest BCUT2D eigenvalue weighted by molar-refractivity contribution is 0.185. The van der Waals surface area contributed by atoms with Crippen LogP contribution in [0.1, 0.15) is 25.3 Å². The summed E-state index contributed by atoms with van der Waals surface area (Å²) in [5.41, 5.74) is 1.94. The number of hydrogen-bond donors (Lipinski definition) is 1. The van der Waals surface area contributed by atoms with Crippen molar-refractivity contribution in [1.82, 2.24) is 4.90 Å². The van der Waals surface area contributed by atoms with Crippen molar-refractivity contribution in [3.05, 3.63) is 29.8 Å². The van der Waals surface area contributed by atoms with Crippen LogP contribution in [0.25, 0.3) is 0 Å². The first kappa shape index (κ1) is 13.9. The van der Waals surface area contributed by atoms with Crippen LogP contribution in [0.5, 0.6) is 0 Å². The van der Waals surface area contributed by atoms with Crippen molar-refractivity contribution in [3.63, 3.8) is 0 Å². The Morgan fingerprint density at radius 2 is 1.95 bits per heavy atom. The second-order valence-corrected chi connectivity index (χ2v) is 5.23. The van der Waals surface area contributed by atoms with Crippen molar-refractivity contribution < 1.29 is 9.53 Å². The van der Waals surface area contributed by atoms with Gasteiger partial charge in [0.1, 0.15) is 0 Å². The third kappa shape index (κ3) is 3.96. The molecule has 1 aliphatic heterocycles. The molecular weight excluding hydrogens is 240 g/mol. The Morgan fingerprint density at radius 1 is 1.32 bits per heavy atom. The SMILES string of the molecule is COCc1ccc(NC(=O)N2CCC(C)CC2)cc1. The number of rotatable bonds is 3. The van der Waals surface area contributed by atoms with E-state index in [1.54, 1.807) is 7.11 Å². The number of nitrogens with one attached hydrogen (secondary N) is 1. The lowest BCUT2D eigenvalue weighted by atomic mass is 10.00. The zero-order chi connectivity index (χ0) is 13.7. The highest BCUT2D eigenvalue weighted by Gasteiger charge is 2.19. The van der Waals surface area contributed by atoms with Gasteiger partial charge in [0.15, 0.2) is 0 Å². The molecule has 0 bridgehead atoms. The molecule has 0 aromatic heterocycles. The van der Waals surface area contributed by atoms with E-state index in [4.69, 9.17) is 4.74 Å².